The van der Waals surface area contributed by atoms with Crippen molar-refractivity contribution >= 4 is 11.8 Å². The molecule has 70 valence electrons. The Hall–Kier alpha value is -0.970. The average molecular weight is 198 g/mol. The van der Waals surface area contributed by atoms with Crippen molar-refractivity contribution in [1.82, 2.24) is 9.97 Å². The van der Waals surface area contributed by atoms with Gasteiger partial charge in [0, 0.05) is 16.9 Å². The van der Waals surface area contributed by atoms with Crippen LogP contribution in [0.2, 0.25) is 0 Å². The molecular formula is C8H10N2O2S. The third-order valence-electron chi connectivity index (χ3n) is 1.95. The summed E-state index contributed by atoms with van der Waals surface area (Å²) in [7, 11) is 0. The molecule has 0 aromatic carbocycles. The molecule has 0 bridgehead atoms. The summed E-state index contributed by atoms with van der Waals surface area (Å²) < 4.78 is 0.0135. The lowest BCUT2D eigenvalue weighted by molar-refractivity contribution is 0.702. The number of fused-ring (bicyclic) bond motifs is 1. The van der Waals surface area contributed by atoms with Crippen LogP contribution in [0, 0.1) is 0 Å². The summed E-state index contributed by atoms with van der Waals surface area (Å²) in [4.78, 5) is 27.8. The Kier molecular flexibility index (Phi) is 1.66. The van der Waals surface area contributed by atoms with Crippen LogP contribution < -0.4 is 11.2 Å². The van der Waals surface area contributed by atoms with Crippen LogP contribution in [0.15, 0.2) is 14.5 Å². The molecule has 1 aromatic heterocycles. The molecule has 0 saturated heterocycles. The molecule has 0 amide bonds. The molecule has 0 saturated carbocycles. The van der Waals surface area contributed by atoms with Crippen LogP contribution in [0.1, 0.15) is 19.5 Å². The minimum Gasteiger partial charge on any atom is -0.310 e. The van der Waals surface area contributed by atoms with Gasteiger partial charge in [-0.1, -0.05) is 0 Å². The fourth-order valence-electron chi connectivity index (χ4n) is 1.49. The van der Waals surface area contributed by atoms with Gasteiger partial charge in [-0.15, -0.1) is 11.8 Å². The highest BCUT2D eigenvalue weighted by atomic mass is 32.2. The predicted molar refractivity (Wildman–Crippen MR) is 51.3 cm³/mol. The standard InChI is InChI=1S/C8H10N2O2S/c1-8(2)3-4-5(13-8)6(11)10-7(12)9-4/h3H2,1-2H3,(H2,9,10,11,12). The van der Waals surface area contributed by atoms with Crippen LogP contribution in [0.4, 0.5) is 0 Å². The van der Waals surface area contributed by atoms with E-state index in [0.717, 1.165) is 12.1 Å². The van der Waals surface area contributed by atoms with Gasteiger partial charge in [0.05, 0.1) is 4.90 Å². The summed E-state index contributed by atoms with van der Waals surface area (Å²) in [6.45, 7) is 4.10. The van der Waals surface area contributed by atoms with Crippen molar-refractivity contribution in [2.24, 2.45) is 0 Å². The molecule has 0 fully saturated rings. The molecule has 1 aromatic rings. The van der Waals surface area contributed by atoms with Crippen molar-refractivity contribution in [2.75, 3.05) is 0 Å². The summed E-state index contributed by atoms with van der Waals surface area (Å²) in [6, 6.07) is 0. The third-order valence-corrected chi connectivity index (χ3v) is 3.29. The monoisotopic (exact) mass is 198 g/mol. The molecule has 0 unspecified atom stereocenters. The predicted octanol–water partition coefficient (Wildman–Crippen LogP) is 0.490. The Morgan fingerprint density at radius 3 is 2.69 bits per heavy atom. The Bertz CT molecular complexity index is 458. The van der Waals surface area contributed by atoms with Crippen LogP contribution in [-0.2, 0) is 6.42 Å². The Balaban J connectivity index is 2.65. The lowest BCUT2D eigenvalue weighted by Gasteiger charge is -2.13. The van der Waals surface area contributed by atoms with Gasteiger partial charge in [-0.2, -0.15) is 0 Å². The second kappa shape index (κ2) is 2.51. The number of thioether (sulfide) groups is 1. The summed E-state index contributed by atoms with van der Waals surface area (Å²) in [5, 5.41) is 0. The van der Waals surface area contributed by atoms with Crippen LogP contribution in [0.3, 0.4) is 0 Å². The summed E-state index contributed by atoms with van der Waals surface area (Å²) in [5.74, 6) is 0. The molecule has 13 heavy (non-hydrogen) atoms. The number of aromatic nitrogens is 2. The maximum Gasteiger partial charge on any atom is 0.325 e. The Morgan fingerprint density at radius 1 is 1.31 bits per heavy atom. The molecule has 1 aliphatic heterocycles. The van der Waals surface area contributed by atoms with E-state index in [1.54, 1.807) is 0 Å². The van der Waals surface area contributed by atoms with Crippen molar-refractivity contribution in [3.05, 3.63) is 26.5 Å². The fraction of sp³-hybridized carbons (Fsp3) is 0.500. The third kappa shape index (κ3) is 1.44. The molecule has 0 aliphatic carbocycles. The SMILES string of the molecule is CC1(C)Cc2[nH]c(=O)[nH]c(=O)c2S1. The molecule has 2 rings (SSSR count). The molecular weight excluding hydrogens is 188 g/mol. The van der Waals surface area contributed by atoms with Crippen molar-refractivity contribution in [1.29, 1.82) is 0 Å². The summed E-state index contributed by atoms with van der Waals surface area (Å²) in [6.07, 6.45) is 0.742. The molecule has 0 radical (unpaired) electrons. The summed E-state index contributed by atoms with van der Waals surface area (Å²) in [5.41, 5.74) is 0.0834. The zero-order valence-corrected chi connectivity index (χ0v) is 8.25. The maximum atomic E-state index is 11.3. The van der Waals surface area contributed by atoms with Crippen molar-refractivity contribution < 1.29 is 0 Å². The van der Waals surface area contributed by atoms with E-state index in [2.05, 4.69) is 23.8 Å². The minimum absolute atomic E-state index is 0.0135. The highest BCUT2D eigenvalue weighted by molar-refractivity contribution is 8.01. The van der Waals surface area contributed by atoms with Gasteiger partial charge in [-0.25, -0.2) is 4.79 Å². The topological polar surface area (TPSA) is 65.7 Å². The van der Waals surface area contributed by atoms with Crippen LogP contribution in [-0.4, -0.2) is 14.7 Å². The largest absolute Gasteiger partial charge is 0.325 e. The van der Waals surface area contributed by atoms with E-state index in [4.69, 9.17) is 0 Å². The average Bonchev–Trinajstić information content (AvgIpc) is 2.23. The zero-order valence-electron chi connectivity index (χ0n) is 7.43. The van der Waals surface area contributed by atoms with E-state index in [1.807, 2.05) is 0 Å². The first-order valence-electron chi connectivity index (χ1n) is 4.02. The van der Waals surface area contributed by atoms with Crippen molar-refractivity contribution in [2.45, 2.75) is 29.9 Å². The lowest BCUT2D eigenvalue weighted by Crippen LogP contribution is -2.24. The molecule has 2 N–H and O–H groups in total. The highest BCUT2D eigenvalue weighted by Gasteiger charge is 2.32. The number of hydrogen-bond donors (Lipinski definition) is 2. The van der Waals surface area contributed by atoms with E-state index >= 15 is 0 Å². The van der Waals surface area contributed by atoms with Gasteiger partial charge in [0.25, 0.3) is 5.56 Å². The number of aromatic amines is 2. The van der Waals surface area contributed by atoms with Crippen LogP contribution >= 0.6 is 11.8 Å². The molecule has 5 heteroatoms. The van der Waals surface area contributed by atoms with Crippen LogP contribution in [0.25, 0.3) is 0 Å². The van der Waals surface area contributed by atoms with Gasteiger partial charge in [-0.3, -0.25) is 9.78 Å². The smallest absolute Gasteiger partial charge is 0.310 e. The first-order valence-corrected chi connectivity index (χ1v) is 4.84. The van der Waals surface area contributed by atoms with Gasteiger partial charge in [0.2, 0.25) is 0 Å². The van der Waals surface area contributed by atoms with Crippen molar-refractivity contribution in [3.63, 3.8) is 0 Å². The molecule has 4 nitrogen and oxygen atoms in total. The lowest BCUT2D eigenvalue weighted by atomic mass is 10.1. The maximum absolute atomic E-state index is 11.3. The second-order valence-electron chi connectivity index (χ2n) is 3.75. The molecule has 0 spiro atoms. The Morgan fingerprint density at radius 2 is 2.00 bits per heavy atom. The van der Waals surface area contributed by atoms with E-state index in [9.17, 15) is 9.59 Å². The number of rotatable bonds is 0. The normalized spacial score (nSPS) is 18.6. The second-order valence-corrected chi connectivity index (χ2v) is 5.47. The van der Waals surface area contributed by atoms with Gasteiger partial charge in [0.15, 0.2) is 0 Å². The first kappa shape index (κ1) is 8.62. The van der Waals surface area contributed by atoms with E-state index < -0.39 is 5.69 Å². The van der Waals surface area contributed by atoms with Crippen LogP contribution in [0.5, 0.6) is 0 Å². The number of hydrogen-bond acceptors (Lipinski definition) is 3. The molecule has 0 atom stereocenters. The van der Waals surface area contributed by atoms with E-state index in [1.165, 1.54) is 11.8 Å². The number of nitrogens with one attached hydrogen (secondary N) is 2. The van der Waals surface area contributed by atoms with E-state index in [0.29, 0.717) is 4.90 Å². The summed E-state index contributed by atoms with van der Waals surface area (Å²) >= 11 is 1.51. The molecule has 2 heterocycles. The van der Waals surface area contributed by atoms with Gasteiger partial charge >= 0.3 is 5.69 Å². The quantitative estimate of drug-likeness (QED) is 0.637. The highest BCUT2D eigenvalue weighted by Crippen LogP contribution is 2.40. The minimum atomic E-state index is -0.415. The van der Waals surface area contributed by atoms with Gasteiger partial charge in [-0.05, 0) is 13.8 Å². The zero-order chi connectivity index (χ0) is 9.64. The van der Waals surface area contributed by atoms with Gasteiger partial charge < -0.3 is 4.98 Å². The first-order chi connectivity index (χ1) is 5.98. The molecule has 1 aliphatic rings. The van der Waals surface area contributed by atoms with Crippen molar-refractivity contribution in [3.8, 4) is 0 Å². The van der Waals surface area contributed by atoms with Gasteiger partial charge in [0.1, 0.15) is 0 Å². The fourth-order valence-corrected chi connectivity index (χ4v) is 2.65. The Labute approximate surface area is 78.8 Å². The number of H-pyrrole nitrogens is 2. The van der Waals surface area contributed by atoms with E-state index in [-0.39, 0.29) is 10.3 Å².